The first-order valence-corrected chi connectivity index (χ1v) is 11.3. The fraction of sp³-hybridized carbons (Fsp3) is 0.258. The monoisotopic (exact) mass is 419 g/mol. The van der Waals surface area contributed by atoms with E-state index >= 15 is 0 Å². The zero-order chi connectivity index (χ0) is 23.4. The van der Waals surface area contributed by atoms with Crippen LogP contribution in [0.25, 0.3) is 28.3 Å². The molecule has 162 valence electrons. The van der Waals surface area contributed by atoms with Gasteiger partial charge in [-0.3, -0.25) is 4.98 Å². The summed E-state index contributed by atoms with van der Waals surface area (Å²) >= 11 is 0. The van der Waals surface area contributed by atoms with Crippen LogP contribution in [0, 0.1) is 32.1 Å². The molecule has 0 N–H and O–H groups in total. The minimum atomic E-state index is 0.438. The Balaban J connectivity index is 2.00. The maximum atomic E-state index is 5.75. The van der Waals surface area contributed by atoms with Gasteiger partial charge in [-0.05, 0) is 101 Å². The van der Waals surface area contributed by atoms with Gasteiger partial charge in [0.25, 0.3) is 0 Å². The summed E-state index contributed by atoms with van der Waals surface area (Å²) in [6, 6.07) is 15.1. The van der Waals surface area contributed by atoms with Gasteiger partial charge in [0.05, 0.1) is 5.69 Å². The average molecular weight is 420 g/mol. The molecule has 1 nitrogen and oxygen atoms in total. The van der Waals surface area contributed by atoms with E-state index in [-0.39, 0.29) is 0 Å². The van der Waals surface area contributed by atoms with Crippen molar-refractivity contribution < 1.29 is 0 Å². The highest BCUT2D eigenvalue weighted by Crippen LogP contribution is 2.30. The maximum absolute atomic E-state index is 5.75. The van der Waals surface area contributed by atoms with Gasteiger partial charge in [-0.1, -0.05) is 63.6 Å². The van der Waals surface area contributed by atoms with Crippen LogP contribution in [0.5, 0.6) is 0 Å². The first-order valence-electron chi connectivity index (χ1n) is 11.3. The number of aromatic nitrogens is 1. The number of hydrogen-bond donors (Lipinski definition) is 0. The van der Waals surface area contributed by atoms with Crippen molar-refractivity contribution >= 4 is 17.2 Å². The second kappa shape index (κ2) is 9.84. The molecule has 1 heterocycles. The molecule has 0 atom stereocenters. The van der Waals surface area contributed by atoms with Gasteiger partial charge in [0.15, 0.2) is 0 Å². The lowest BCUT2D eigenvalue weighted by atomic mass is 9.91. The molecule has 1 heteroatoms. The highest BCUT2D eigenvalue weighted by Gasteiger charge is 2.11. The molecule has 0 aliphatic heterocycles. The van der Waals surface area contributed by atoms with Crippen LogP contribution >= 0.6 is 0 Å². The topological polar surface area (TPSA) is 12.9 Å². The van der Waals surface area contributed by atoms with Gasteiger partial charge in [-0.25, -0.2) is 0 Å². The standard InChI is InChI=1S/C31H33N/c1-9-25-11-12-28(19-26(25)10-2)30-15-16-32-31(24(30)8)18-22(6)29-14-13-27(17-21(29)5)23(7)20(3)4/h2,11-20H,7,9H2,1,3-6,8H3/b22-18+. The molecule has 0 aliphatic rings. The van der Waals surface area contributed by atoms with Gasteiger partial charge >= 0.3 is 0 Å². The second-order valence-electron chi connectivity index (χ2n) is 8.78. The van der Waals surface area contributed by atoms with E-state index in [1.165, 1.54) is 39.0 Å². The van der Waals surface area contributed by atoms with Crippen molar-refractivity contribution in [2.45, 2.75) is 48.0 Å². The van der Waals surface area contributed by atoms with Gasteiger partial charge in [-0.2, -0.15) is 0 Å². The number of allylic oxidation sites excluding steroid dienone is 2. The minimum absolute atomic E-state index is 0.438. The van der Waals surface area contributed by atoms with Crippen molar-refractivity contribution in [1.29, 1.82) is 0 Å². The number of aryl methyl sites for hydroxylation is 2. The Bertz CT molecular complexity index is 1230. The lowest BCUT2D eigenvalue weighted by Gasteiger charge is -2.14. The summed E-state index contributed by atoms with van der Waals surface area (Å²) in [6.07, 6.45) is 10.8. The number of nitrogens with zero attached hydrogens (tertiary/aromatic N) is 1. The van der Waals surface area contributed by atoms with E-state index in [1.807, 2.05) is 6.20 Å². The summed E-state index contributed by atoms with van der Waals surface area (Å²) in [5.41, 5.74) is 12.7. The lowest BCUT2D eigenvalue weighted by molar-refractivity contribution is 0.857. The molecule has 3 rings (SSSR count). The van der Waals surface area contributed by atoms with Crippen molar-refractivity contribution in [2.75, 3.05) is 0 Å². The molecule has 0 aliphatic carbocycles. The van der Waals surface area contributed by atoms with Crippen molar-refractivity contribution in [3.05, 3.63) is 94.3 Å². The second-order valence-corrected chi connectivity index (χ2v) is 8.78. The fourth-order valence-electron chi connectivity index (χ4n) is 4.12. The van der Waals surface area contributed by atoms with Crippen LogP contribution < -0.4 is 0 Å². The molecule has 3 aromatic rings. The van der Waals surface area contributed by atoms with E-state index in [1.54, 1.807) is 0 Å². The van der Waals surface area contributed by atoms with Gasteiger partial charge in [0, 0.05) is 11.8 Å². The molecular formula is C31H33N. The fourth-order valence-corrected chi connectivity index (χ4v) is 4.12. The molecule has 0 amide bonds. The largest absolute Gasteiger partial charge is 0.257 e. The molecule has 2 aromatic carbocycles. The number of terminal acetylenes is 1. The SMILES string of the molecule is C#Cc1cc(-c2ccnc(/C=C(\C)c3ccc(C(=C)C(C)C)cc3C)c2C)ccc1CC. The van der Waals surface area contributed by atoms with Gasteiger partial charge < -0.3 is 0 Å². The van der Waals surface area contributed by atoms with Gasteiger partial charge in [-0.15, -0.1) is 6.42 Å². The lowest BCUT2D eigenvalue weighted by Crippen LogP contribution is -1.96. The summed E-state index contributed by atoms with van der Waals surface area (Å²) in [7, 11) is 0. The Morgan fingerprint density at radius 3 is 2.50 bits per heavy atom. The number of benzene rings is 2. The third-order valence-electron chi connectivity index (χ3n) is 6.27. The zero-order valence-electron chi connectivity index (χ0n) is 20.2. The summed E-state index contributed by atoms with van der Waals surface area (Å²) in [4.78, 5) is 4.67. The minimum Gasteiger partial charge on any atom is -0.257 e. The Hall–Kier alpha value is -3.37. The molecule has 0 bridgehead atoms. The Labute approximate surface area is 193 Å². The zero-order valence-corrected chi connectivity index (χ0v) is 20.2. The van der Waals surface area contributed by atoms with Crippen molar-refractivity contribution in [1.82, 2.24) is 4.98 Å². The molecule has 0 radical (unpaired) electrons. The molecule has 0 unspecified atom stereocenters. The van der Waals surface area contributed by atoms with Crippen LogP contribution in [0.2, 0.25) is 0 Å². The third kappa shape index (κ3) is 4.76. The highest BCUT2D eigenvalue weighted by molar-refractivity contribution is 5.84. The average Bonchev–Trinajstić information content (AvgIpc) is 2.79. The summed E-state index contributed by atoms with van der Waals surface area (Å²) in [5, 5.41) is 0. The van der Waals surface area contributed by atoms with Crippen molar-refractivity contribution in [2.24, 2.45) is 5.92 Å². The van der Waals surface area contributed by atoms with E-state index in [9.17, 15) is 0 Å². The quantitative estimate of drug-likeness (QED) is 0.367. The van der Waals surface area contributed by atoms with Crippen molar-refractivity contribution in [3.63, 3.8) is 0 Å². The summed E-state index contributed by atoms with van der Waals surface area (Å²) in [6.45, 7) is 17.2. The maximum Gasteiger partial charge on any atom is 0.0667 e. The summed E-state index contributed by atoms with van der Waals surface area (Å²) in [5.74, 6) is 3.27. The number of hydrogen-bond acceptors (Lipinski definition) is 1. The third-order valence-corrected chi connectivity index (χ3v) is 6.27. The van der Waals surface area contributed by atoms with E-state index in [0.29, 0.717) is 5.92 Å². The number of rotatable bonds is 6. The van der Waals surface area contributed by atoms with Gasteiger partial charge in [0.2, 0.25) is 0 Å². The molecule has 0 saturated carbocycles. The van der Waals surface area contributed by atoms with Gasteiger partial charge in [0.1, 0.15) is 0 Å². The molecule has 0 saturated heterocycles. The normalized spacial score (nSPS) is 11.5. The van der Waals surface area contributed by atoms with E-state index < -0.39 is 0 Å². The van der Waals surface area contributed by atoms with Crippen LogP contribution in [0.4, 0.5) is 0 Å². The molecular weight excluding hydrogens is 386 g/mol. The van der Waals surface area contributed by atoms with E-state index in [2.05, 4.69) is 108 Å². The Morgan fingerprint density at radius 1 is 1.12 bits per heavy atom. The van der Waals surface area contributed by atoms with Crippen LogP contribution in [0.3, 0.4) is 0 Å². The molecule has 1 aromatic heterocycles. The smallest absolute Gasteiger partial charge is 0.0667 e. The molecule has 32 heavy (non-hydrogen) atoms. The van der Waals surface area contributed by atoms with E-state index in [4.69, 9.17) is 6.42 Å². The Kier molecular flexibility index (Phi) is 7.16. The first kappa shape index (κ1) is 23.3. The molecule has 0 fully saturated rings. The van der Waals surface area contributed by atoms with E-state index in [0.717, 1.165) is 28.8 Å². The van der Waals surface area contributed by atoms with Crippen LogP contribution in [0.15, 0.2) is 55.2 Å². The van der Waals surface area contributed by atoms with Crippen LogP contribution in [-0.2, 0) is 6.42 Å². The number of pyridine rings is 1. The van der Waals surface area contributed by atoms with Crippen molar-refractivity contribution in [3.8, 4) is 23.5 Å². The van der Waals surface area contributed by atoms with Crippen LogP contribution in [0.1, 0.15) is 66.8 Å². The van der Waals surface area contributed by atoms with Crippen LogP contribution in [-0.4, -0.2) is 4.98 Å². The Morgan fingerprint density at radius 2 is 1.88 bits per heavy atom. The predicted molar refractivity (Wildman–Crippen MR) is 140 cm³/mol. The highest BCUT2D eigenvalue weighted by atomic mass is 14.7. The first-order chi connectivity index (χ1) is 15.3. The predicted octanol–water partition coefficient (Wildman–Crippen LogP) is 8.14. The molecule has 0 spiro atoms. The summed E-state index contributed by atoms with van der Waals surface area (Å²) < 4.78 is 0.